The quantitative estimate of drug-likeness (QED) is 0.487. The predicted molar refractivity (Wildman–Crippen MR) is 129 cm³/mol. The first-order valence-electron chi connectivity index (χ1n) is 11.3. The van der Waals surface area contributed by atoms with Gasteiger partial charge in [-0.1, -0.05) is 45.0 Å². The largest absolute Gasteiger partial charge is 0.503 e. The van der Waals surface area contributed by atoms with Crippen LogP contribution in [0.3, 0.4) is 0 Å². The van der Waals surface area contributed by atoms with Gasteiger partial charge in [0.2, 0.25) is 0 Å². The van der Waals surface area contributed by atoms with Crippen molar-refractivity contribution < 1.29 is 19.1 Å². The van der Waals surface area contributed by atoms with E-state index in [1.54, 1.807) is 29.6 Å². The summed E-state index contributed by atoms with van der Waals surface area (Å²) in [5, 5.41) is 10.7. The Labute approximate surface area is 199 Å². The molecule has 4 rings (SSSR count). The first-order valence-corrected chi connectivity index (χ1v) is 11.3. The normalized spacial score (nSPS) is 16.7. The first kappa shape index (κ1) is 23.3. The van der Waals surface area contributed by atoms with E-state index in [1.807, 2.05) is 35.0 Å². The summed E-state index contributed by atoms with van der Waals surface area (Å²) in [6.07, 6.45) is 10.3. The molecule has 2 aromatic heterocycles. The third-order valence-corrected chi connectivity index (χ3v) is 5.98. The number of carbonyl (C=O) groups is 2. The molecule has 1 amide bonds. The molecule has 0 radical (unpaired) electrons. The van der Waals surface area contributed by atoms with E-state index in [2.05, 4.69) is 25.8 Å². The molecule has 0 saturated heterocycles. The van der Waals surface area contributed by atoms with Crippen LogP contribution < -0.4 is 0 Å². The molecule has 3 aromatic rings. The number of furan rings is 1. The fraction of sp³-hybridized carbons (Fsp3) is 0.296. The highest BCUT2D eigenvalue weighted by atomic mass is 16.3. The van der Waals surface area contributed by atoms with Crippen molar-refractivity contribution in [2.24, 2.45) is 0 Å². The minimum atomic E-state index is -0.668. The number of amides is 1. The Morgan fingerprint density at radius 1 is 1.18 bits per heavy atom. The fourth-order valence-corrected chi connectivity index (χ4v) is 4.12. The lowest BCUT2D eigenvalue weighted by Crippen LogP contribution is -2.32. The van der Waals surface area contributed by atoms with Crippen molar-refractivity contribution in [1.29, 1.82) is 0 Å². The number of hydrogen-bond donors (Lipinski definition) is 1. The zero-order valence-corrected chi connectivity index (χ0v) is 19.6. The molecular formula is C27H29N3O4. The maximum Gasteiger partial charge on any atom is 0.290 e. The number of aryl methyl sites for hydroxylation is 1. The molecule has 1 aromatic carbocycles. The maximum atomic E-state index is 13.2. The van der Waals surface area contributed by atoms with E-state index in [1.165, 1.54) is 18.4 Å². The Morgan fingerprint density at radius 2 is 1.94 bits per heavy atom. The van der Waals surface area contributed by atoms with Crippen molar-refractivity contribution in [2.45, 2.75) is 45.2 Å². The molecule has 0 bridgehead atoms. The van der Waals surface area contributed by atoms with Gasteiger partial charge in [0.25, 0.3) is 5.91 Å². The second kappa shape index (κ2) is 9.55. The number of aliphatic hydroxyl groups is 1. The molecule has 0 spiro atoms. The van der Waals surface area contributed by atoms with Crippen LogP contribution in [0.4, 0.5) is 0 Å². The van der Waals surface area contributed by atoms with E-state index in [0.29, 0.717) is 25.3 Å². The van der Waals surface area contributed by atoms with Gasteiger partial charge in [-0.2, -0.15) is 0 Å². The lowest BCUT2D eigenvalue weighted by molar-refractivity contribution is -0.129. The van der Waals surface area contributed by atoms with Crippen LogP contribution in [0.2, 0.25) is 0 Å². The average Bonchev–Trinajstić information content (AvgIpc) is 3.56. The van der Waals surface area contributed by atoms with Crippen LogP contribution in [0.1, 0.15) is 50.1 Å². The first-order chi connectivity index (χ1) is 16.3. The van der Waals surface area contributed by atoms with Crippen molar-refractivity contribution in [1.82, 2.24) is 14.5 Å². The minimum Gasteiger partial charge on any atom is -0.503 e. The number of rotatable bonds is 8. The van der Waals surface area contributed by atoms with Gasteiger partial charge in [-0.05, 0) is 47.2 Å². The standard InChI is InChI=1S/C27H29N3O4/c1-27(2,3)20-9-7-19(8-10-20)24-23(22(31)12-11-21-6-4-17-34-21)25(32)26(33)30(24)15-5-14-29-16-13-28-18-29/h4,6-13,16-18,24,32H,5,14-15H2,1-3H3/b12-11+. The van der Waals surface area contributed by atoms with E-state index in [4.69, 9.17) is 4.42 Å². The third kappa shape index (κ3) is 4.88. The van der Waals surface area contributed by atoms with Crippen LogP contribution >= 0.6 is 0 Å². The Balaban J connectivity index is 1.64. The number of aliphatic hydroxyl groups excluding tert-OH is 1. The van der Waals surface area contributed by atoms with E-state index in [-0.39, 0.29) is 11.0 Å². The average molecular weight is 460 g/mol. The van der Waals surface area contributed by atoms with Gasteiger partial charge in [-0.25, -0.2) is 4.98 Å². The molecule has 1 aliphatic heterocycles. The SMILES string of the molecule is CC(C)(C)c1ccc(C2C(C(=O)/C=C/c3ccco3)=C(O)C(=O)N2CCCn2ccnc2)cc1. The summed E-state index contributed by atoms with van der Waals surface area (Å²) >= 11 is 0. The fourth-order valence-electron chi connectivity index (χ4n) is 4.12. The molecule has 0 saturated carbocycles. The van der Waals surface area contributed by atoms with Crippen LogP contribution in [0.5, 0.6) is 0 Å². The topological polar surface area (TPSA) is 88.6 Å². The molecule has 3 heterocycles. The van der Waals surface area contributed by atoms with Gasteiger partial charge in [-0.3, -0.25) is 9.59 Å². The summed E-state index contributed by atoms with van der Waals surface area (Å²) in [6.45, 7) is 7.43. The summed E-state index contributed by atoms with van der Waals surface area (Å²) in [5.41, 5.74) is 1.98. The van der Waals surface area contributed by atoms with E-state index < -0.39 is 23.5 Å². The van der Waals surface area contributed by atoms with E-state index in [0.717, 1.165) is 11.1 Å². The number of nitrogens with zero attached hydrogens (tertiary/aromatic N) is 3. The molecule has 176 valence electrons. The summed E-state index contributed by atoms with van der Waals surface area (Å²) < 4.78 is 7.19. The molecule has 0 aliphatic carbocycles. The van der Waals surface area contributed by atoms with Crippen LogP contribution in [0, 0.1) is 0 Å². The van der Waals surface area contributed by atoms with Gasteiger partial charge in [0.15, 0.2) is 11.5 Å². The minimum absolute atomic E-state index is 0.0308. The second-order valence-corrected chi connectivity index (χ2v) is 9.40. The molecule has 1 aliphatic rings. The molecule has 0 fully saturated rings. The number of imidazole rings is 1. The summed E-state index contributed by atoms with van der Waals surface area (Å²) in [4.78, 5) is 31.9. The zero-order valence-electron chi connectivity index (χ0n) is 19.6. The number of aromatic nitrogens is 2. The van der Waals surface area contributed by atoms with Gasteiger partial charge < -0.3 is 19.0 Å². The lowest BCUT2D eigenvalue weighted by atomic mass is 9.85. The number of carbonyl (C=O) groups excluding carboxylic acids is 2. The van der Waals surface area contributed by atoms with Crippen molar-refractivity contribution in [2.75, 3.05) is 6.54 Å². The number of allylic oxidation sites excluding steroid dienone is 1. The van der Waals surface area contributed by atoms with Crippen molar-refractivity contribution in [3.63, 3.8) is 0 Å². The monoisotopic (exact) mass is 459 g/mol. The maximum absolute atomic E-state index is 13.2. The van der Waals surface area contributed by atoms with Gasteiger partial charge in [0.05, 0.1) is 24.2 Å². The van der Waals surface area contributed by atoms with Crippen molar-refractivity contribution in [3.05, 3.63) is 95.7 Å². The number of hydrogen-bond acceptors (Lipinski definition) is 5. The highest BCUT2D eigenvalue weighted by molar-refractivity contribution is 6.14. The van der Waals surface area contributed by atoms with Gasteiger partial charge in [0.1, 0.15) is 5.76 Å². The van der Waals surface area contributed by atoms with Crippen LogP contribution in [0.25, 0.3) is 6.08 Å². The highest BCUT2D eigenvalue weighted by Crippen LogP contribution is 2.39. The van der Waals surface area contributed by atoms with Crippen LogP contribution in [-0.4, -0.2) is 37.8 Å². The summed E-state index contributed by atoms with van der Waals surface area (Å²) in [5.74, 6) is -0.947. The summed E-state index contributed by atoms with van der Waals surface area (Å²) in [7, 11) is 0. The van der Waals surface area contributed by atoms with Gasteiger partial charge in [-0.15, -0.1) is 0 Å². The molecule has 34 heavy (non-hydrogen) atoms. The Morgan fingerprint density at radius 3 is 2.56 bits per heavy atom. The number of benzene rings is 1. The summed E-state index contributed by atoms with van der Waals surface area (Å²) in [6, 6.07) is 10.7. The lowest BCUT2D eigenvalue weighted by Gasteiger charge is -2.27. The molecule has 1 N–H and O–H groups in total. The van der Waals surface area contributed by atoms with Crippen molar-refractivity contribution in [3.8, 4) is 0 Å². The van der Waals surface area contributed by atoms with E-state index >= 15 is 0 Å². The van der Waals surface area contributed by atoms with Crippen LogP contribution in [0.15, 0.2) is 83.2 Å². The molecule has 7 nitrogen and oxygen atoms in total. The smallest absolute Gasteiger partial charge is 0.290 e. The predicted octanol–water partition coefficient (Wildman–Crippen LogP) is 4.84. The zero-order chi connectivity index (χ0) is 24.3. The van der Waals surface area contributed by atoms with Gasteiger partial charge >= 0.3 is 0 Å². The Kier molecular flexibility index (Phi) is 6.54. The molecule has 1 unspecified atom stereocenters. The van der Waals surface area contributed by atoms with Crippen molar-refractivity contribution >= 4 is 17.8 Å². The highest BCUT2D eigenvalue weighted by Gasteiger charge is 2.42. The molecule has 1 atom stereocenters. The second-order valence-electron chi connectivity index (χ2n) is 9.40. The number of ketones is 1. The van der Waals surface area contributed by atoms with Gasteiger partial charge in [0, 0.05) is 25.5 Å². The molecule has 7 heteroatoms. The van der Waals surface area contributed by atoms with Crippen LogP contribution in [-0.2, 0) is 21.5 Å². The molecular weight excluding hydrogens is 430 g/mol. The Hall–Kier alpha value is -3.87. The van der Waals surface area contributed by atoms with E-state index in [9.17, 15) is 14.7 Å². The third-order valence-electron chi connectivity index (χ3n) is 5.98. The Bertz CT molecular complexity index is 1200.